The summed E-state index contributed by atoms with van der Waals surface area (Å²) in [5.41, 5.74) is 2.32. The molecular weight excluding hydrogens is 132 g/mol. The second-order valence-corrected chi connectivity index (χ2v) is 2.62. The molecule has 0 rings (SSSR count). The van der Waals surface area contributed by atoms with E-state index in [0.29, 0.717) is 0 Å². The Morgan fingerprint density at radius 1 is 1.18 bits per heavy atom. The van der Waals surface area contributed by atoms with Gasteiger partial charge in [-0.05, 0) is 20.8 Å². The highest BCUT2D eigenvalue weighted by atomic mass is 13.8. The van der Waals surface area contributed by atoms with Crippen molar-refractivity contribution in [1.29, 1.82) is 0 Å². The first kappa shape index (κ1) is 9.96. The first-order valence-electron chi connectivity index (χ1n) is 3.80. The van der Waals surface area contributed by atoms with E-state index >= 15 is 0 Å². The van der Waals surface area contributed by atoms with Crippen LogP contribution in [0.1, 0.15) is 20.8 Å². The van der Waals surface area contributed by atoms with Crippen LogP contribution in [0.15, 0.2) is 48.1 Å². The van der Waals surface area contributed by atoms with Gasteiger partial charge >= 0.3 is 0 Å². The quantitative estimate of drug-likeness (QED) is 0.536. The molecule has 0 heteroatoms. The van der Waals surface area contributed by atoms with Crippen LogP contribution in [0.25, 0.3) is 0 Å². The average molecular weight is 148 g/mol. The topological polar surface area (TPSA) is 0 Å². The Labute approximate surface area is 69.6 Å². The molecule has 0 aromatic rings. The molecule has 0 aliphatic carbocycles. The minimum atomic E-state index is 1.08. The van der Waals surface area contributed by atoms with Crippen LogP contribution in [0.3, 0.4) is 0 Å². The predicted molar refractivity (Wildman–Crippen MR) is 52.5 cm³/mol. The lowest BCUT2D eigenvalue weighted by Gasteiger charge is -1.88. The van der Waals surface area contributed by atoms with E-state index in [1.54, 1.807) is 0 Å². The predicted octanol–water partition coefficient (Wildman–Crippen LogP) is 3.64. The number of allylic oxidation sites excluding steroid dienone is 7. The SMILES string of the molecule is C=C(C)/C=C/C(C)=C\C=C/C. The standard InChI is InChI=1S/C11H16/c1-5-6-7-11(4)9-8-10(2)3/h5-9H,2H2,1,3-4H3/b6-5-,9-8+,11-7-. The van der Waals surface area contributed by atoms with E-state index < -0.39 is 0 Å². The molecule has 0 heterocycles. The molecule has 0 aliphatic rings. The van der Waals surface area contributed by atoms with Crippen LogP contribution in [-0.4, -0.2) is 0 Å². The Balaban J connectivity index is 4.05. The minimum absolute atomic E-state index is 1.08. The van der Waals surface area contributed by atoms with Crippen molar-refractivity contribution in [2.45, 2.75) is 20.8 Å². The summed E-state index contributed by atoms with van der Waals surface area (Å²) in [6, 6.07) is 0. The summed E-state index contributed by atoms with van der Waals surface area (Å²) < 4.78 is 0. The average Bonchev–Trinajstić information content (AvgIpc) is 1.97. The van der Waals surface area contributed by atoms with E-state index in [-0.39, 0.29) is 0 Å². The third-order valence-corrected chi connectivity index (χ3v) is 1.18. The van der Waals surface area contributed by atoms with Gasteiger partial charge in [-0.15, -0.1) is 0 Å². The van der Waals surface area contributed by atoms with E-state index in [9.17, 15) is 0 Å². The number of rotatable bonds is 3. The summed E-state index contributed by atoms with van der Waals surface area (Å²) in [5.74, 6) is 0. The molecule has 60 valence electrons. The fourth-order valence-corrected chi connectivity index (χ4v) is 0.577. The maximum Gasteiger partial charge on any atom is -0.0398 e. The third-order valence-electron chi connectivity index (χ3n) is 1.18. The van der Waals surface area contributed by atoms with E-state index in [4.69, 9.17) is 0 Å². The van der Waals surface area contributed by atoms with Gasteiger partial charge in [0.25, 0.3) is 0 Å². The molecular formula is C11H16. The van der Waals surface area contributed by atoms with Gasteiger partial charge in [0.2, 0.25) is 0 Å². The van der Waals surface area contributed by atoms with E-state index in [1.807, 2.05) is 32.1 Å². The van der Waals surface area contributed by atoms with Crippen LogP contribution in [-0.2, 0) is 0 Å². The van der Waals surface area contributed by atoms with Crippen molar-refractivity contribution in [3.05, 3.63) is 48.1 Å². The fraction of sp³-hybridized carbons (Fsp3) is 0.273. The monoisotopic (exact) mass is 148 g/mol. The zero-order valence-corrected chi connectivity index (χ0v) is 7.59. The van der Waals surface area contributed by atoms with Gasteiger partial charge < -0.3 is 0 Å². The normalized spacial score (nSPS) is 13.2. The van der Waals surface area contributed by atoms with Crippen molar-refractivity contribution in [3.8, 4) is 0 Å². The van der Waals surface area contributed by atoms with Gasteiger partial charge in [0.05, 0.1) is 0 Å². The van der Waals surface area contributed by atoms with Crippen molar-refractivity contribution < 1.29 is 0 Å². The van der Waals surface area contributed by atoms with Crippen LogP contribution in [0, 0.1) is 0 Å². The van der Waals surface area contributed by atoms with Gasteiger partial charge in [0, 0.05) is 0 Å². The Kier molecular flexibility index (Phi) is 5.18. The second kappa shape index (κ2) is 5.72. The largest absolute Gasteiger partial charge is 0.0961 e. The molecule has 0 nitrogen and oxygen atoms in total. The summed E-state index contributed by atoms with van der Waals surface area (Å²) in [6.07, 6.45) is 10.2. The summed E-state index contributed by atoms with van der Waals surface area (Å²) in [6.45, 7) is 9.84. The highest BCUT2D eigenvalue weighted by Crippen LogP contribution is 1.98. The summed E-state index contributed by atoms with van der Waals surface area (Å²) in [4.78, 5) is 0. The molecule has 0 spiro atoms. The minimum Gasteiger partial charge on any atom is -0.0961 e. The van der Waals surface area contributed by atoms with Crippen LogP contribution < -0.4 is 0 Å². The van der Waals surface area contributed by atoms with Crippen molar-refractivity contribution in [3.63, 3.8) is 0 Å². The molecule has 0 unspecified atom stereocenters. The number of hydrogen-bond donors (Lipinski definition) is 0. The molecule has 0 amide bonds. The lowest BCUT2D eigenvalue weighted by atomic mass is 10.2. The Hall–Kier alpha value is -1.04. The first-order chi connectivity index (χ1) is 5.16. The lowest BCUT2D eigenvalue weighted by Crippen LogP contribution is -1.67. The van der Waals surface area contributed by atoms with Crippen LogP contribution >= 0.6 is 0 Å². The zero-order chi connectivity index (χ0) is 8.69. The maximum atomic E-state index is 3.78. The molecule has 0 saturated carbocycles. The summed E-state index contributed by atoms with van der Waals surface area (Å²) >= 11 is 0. The van der Waals surface area contributed by atoms with Gasteiger partial charge in [-0.25, -0.2) is 0 Å². The molecule has 0 saturated heterocycles. The molecule has 0 fully saturated rings. The summed E-state index contributed by atoms with van der Waals surface area (Å²) in [5, 5.41) is 0. The summed E-state index contributed by atoms with van der Waals surface area (Å²) in [7, 11) is 0. The van der Waals surface area contributed by atoms with Gasteiger partial charge in [-0.1, -0.05) is 48.1 Å². The van der Waals surface area contributed by atoms with Crippen molar-refractivity contribution >= 4 is 0 Å². The molecule has 11 heavy (non-hydrogen) atoms. The second-order valence-electron chi connectivity index (χ2n) is 2.62. The Morgan fingerprint density at radius 2 is 1.82 bits per heavy atom. The lowest BCUT2D eigenvalue weighted by molar-refractivity contribution is 1.48. The Bertz CT molecular complexity index is 202. The maximum absolute atomic E-state index is 3.78. The molecule has 0 aromatic carbocycles. The molecule has 0 radical (unpaired) electrons. The van der Waals surface area contributed by atoms with Crippen molar-refractivity contribution in [2.75, 3.05) is 0 Å². The molecule has 0 N–H and O–H groups in total. The fourth-order valence-electron chi connectivity index (χ4n) is 0.577. The van der Waals surface area contributed by atoms with Crippen LogP contribution in [0.4, 0.5) is 0 Å². The van der Waals surface area contributed by atoms with Gasteiger partial charge in [-0.3, -0.25) is 0 Å². The highest BCUT2D eigenvalue weighted by Gasteiger charge is 1.77. The highest BCUT2D eigenvalue weighted by molar-refractivity contribution is 5.26. The van der Waals surface area contributed by atoms with Crippen molar-refractivity contribution in [2.24, 2.45) is 0 Å². The van der Waals surface area contributed by atoms with Crippen LogP contribution in [0.2, 0.25) is 0 Å². The third kappa shape index (κ3) is 6.85. The molecule has 0 aliphatic heterocycles. The van der Waals surface area contributed by atoms with E-state index in [1.165, 1.54) is 5.57 Å². The van der Waals surface area contributed by atoms with Crippen molar-refractivity contribution in [1.82, 2.24) is 0 Å². The van der Waals surface area contributed by atoms with Gasteiger partial charge in [-0.2, -0.15) is 0 Å². The Morgan fingerprint density at radius 3 is 2.27 bits per heavy atom. The van der Waals surface area contributed by atoms with Crippen LogP contribution in [0.5, 0.6) is 0 Å². The molecule has 0 atom stereocenters. The zero-order valence-electron chi connectivity index (χ0n) is 7.59. The first-order valence-corrected chi connectivity index (χ1v) is 3.80. The molecule has 0 aromatic heterocycles. The van der Waals surface area contributed by atoms with Gasteiger partial charge in [0.1, 0.15) is 0 Å². The number of hydrogen-bond acceptors (Lipinski definition) is 0. The van der Waals surface area contributed by atoms with Gasteiger partial charge in [0.15, 0.2) is 0 Å². The van der Waals surface area contributed by atoms with E-state index in [0.717, 1.165) is 5.57 Å². The smallest absolute Gasteiger partial charge is 0.0398 e. The van der Waals surface area contributed by atoms with E-state index in [2.05, 4.69) is 25.7 Å². The molecule has 0 bridgehead atoms.